The maximum absolute atomic E-state index is 12.4. The Morgan fingerprint density at radius 1 is 1.50 bits per heavy atom. The Morgan fingerprint density at radius 2 is 2.18 bits per heavy atom. The van der Waals surface area contributed by atoms with Crippen molar-refractivity contribution in [2.75, 3.05) is 0 Å². The van der Waals surface area contributed by atoms with E-state index in [1.54, 1.807) is 0 Å². The van der Waals surface area contributed by atoms with Crippen LogP contribution in [0.1, 0.15) is 12.0 Å². The number of hydrogen-bond donors (Lipinski definition) is 2. The first kappa shape index (κ1) is 21.6. The average molecular weight is 485 g/mol. The fourth-order valence-corrected chi connectivity index (χ4v) is 3.38. The lowest BCUT2D eigenvalue weighted by molar-refractivity contribution is -0.388. The molecule has 0 aromatic heterocycles. The molecular formula is C13H8BrF3N4O6S. The van der Waals surface area contributed by atoms with Crippen molar-refractivity contribution in [3.63, 3.8) is 0 Å². The molecule has 2 N–H and O–H groups in total. The smallest absolute Gasteiger partial charge is 0.481 e. The molecule has 1 aliphatic heterocycles. The van der Waals surface area contributed by atoms with Crippen molar-refractivity contribution in [2.24, 2.45) is 10.2 Å². The van der Waals surface area contributed by atoms with Crippen molar-refractivity contribution in [3.8, 4) is 5.75 Å². The molecule has 1 unspecified atom stereocenters. The zero-order chi connectivity index (χ0) is 21.1. The first-order valence-electron chi connectivity index (χ1n) is 7.00. The van der Waals surface area contributed by atoms with E-state index in [9.17, 15) is 32.9 Å². The number of nitro groups is 1. The third kappa shape index (κ3) is 5.91. The number of nitrogens with zero attached hydrogens (tertiary/aromatic N) is 3. The number of halogens is 4. The first-order chi connectivity index (χ1) is 13.0. The highest BCUT2D eigenvalue weighted by molar-refractivity contribution is 9.10. The van der Waals surface area contributed by atoms with Crippen LogP contribution in [0.25, 0.3) is 0 Å². The van der Waals surface area contributed by atoms with Gasteiger partial charge >= 0.3 is 18.0 Å². The van der Waals surface area contributed by atoms with Gasteiger partial charge in [0.05, 0.1) is 22.0 Å². The number of nitrogens with one attached hydrogen (secondary N) is 1. The average Bonchev–Trinajstić information content (AvgIpc) is 2.87. The van der Waals surface area contributed by atoms with Gasteiger partial charge in [-0.2, -0.15) is 5.10 Å². The molecule has 1 heterocycles. The third-order valence-corrected chi connectivity index (χ3v) is 4.61. The summed E-state index contributed by atoms with van der Waals surface area (Å²) in [5.41, 5.74) is -0.931. The number of rotatable bonds is 6. The molecule has 1 saturated heterocycles. The molecule has 1 aliphatic rings. The number of amides is 1. The zero-order valence-corrected chi connectivity index (χ0v) is 15.7. The van der Waals surface area contributed by atoms with E-state index >= 15 is 0 Å². The number of carbonyl (C=O) groups is 2. The van der Waals surface area contributed by atoms with Crippen molar-refractivity contribution in [1.82, 2.24) is 5.32 Å². The van der Waals surface area contributed by atoms with Crippen molar-refractivity contribution >= 4 is 56.6 Å². The molecule has 0 bridgehead atoms. The lowest BCUT2D eigenvalue weighted by Gasteiger charge is -2.11. The van der Waals surface area contributed by atoms with Crippen LogP contribution in [0.15, 0.2) is 26.8 Å². The Hall–Kier alpha value is -2.68. The van der Waals surface area contributed by atoms with E-state index in [1.165, 1.54) is 0 Å². The van der Waals surface area contributed by atoms with Gasteiger partial charge in [0.15, 0.2) is 5.17 Å². The highest BCUT2D eigenvalue weighted by atomic mass is 79.9. The van der Waals surface area contributed by atoms with E-state index in [1.807, 2.05) is 0 Å². The third-order valence-electron chi connectivity index (χ3n) is 2.95. The Balaban J connectivity index is 2.21. The lowest BCUT2D eigenvalue weighted by atomic mass is 10.2. The predicted molar refractivity (Wildman–Crippen MR) is 94.3 cm³/mol. The number of carboxylic acid groups (broad SMARTS) is 1. The van der Waals surface area contributed by atoms with Gasteiger partial charge < -0.3 is 15.2 Å². The summed E-state index contributed by atoms with van der Waals surface area (Å²) in [4.78, 5) is 32.2. The molecule has 1 fully saturated rings. The molecule has 0 saturated carbocycles. The zero-order valence-electron chi connectivity index (χ0n) is 13.3. The molecule has 0 radical (unpaired) electrons. The van der Waals surface area contributed by atoms with Gasteiger partial charge in [0.1, 0.15) is 5.25 Å². The van der Waals surface area contributed by atoms with Gasteiger partial charge in [0, 0.05) is 11.6 Å². The van der Waals surface area contributed by atoms with E-state index in [4.69, 9.17) is 5.11 Å². The Labute approximate surface area is 166 Å². The summed E-state index contributed by atoms with van der Waals surface area (Å²) in [6.07, 6.45) is -4.54. The second-order valence-corrected chi connectivity index (χ2v) is 7.04. The number of thioether (sulfide) groups is 1. The second-order valence-electron chi connectivity index (χ2n) is 5.00. The van der Waals surface area contributed by atoms with E-state index in [0.29, 0.717) is 0 Å². The largest absolute Gasteiger partial charge is 0.573 e. The molecule has 2 rings (SSSR count). The van der Waals surface area contributed by atoms with Crippen LogP contribution in [-0.4, -0.2) is 44.9 Å². The number of carboxylic acids is 1. The lowest BCUT2D eigenvalue weighted by Crippen LogP contribution is -2.26. The minimum Gasteiger partial charge on any atom is -0.481 e. The molecule has 1 atom stereocenters. The number of aliphatic carboxylic acids is 1. The maximum atomic E-state index is 12.4. The minimum absolute atomic E-state index is 0.0121. The molecule has 0 spiro atoms. The van der Waals surface area contributed by atoms with Crippen LogP contribution in [0.3, 0.4) is 0 Å². The number of amidine groups is 1. The van der Waals surface area contributed by atoms with Crippen LogP contribution in [0.4, 0.5) is 18.9 Å². The first-order valence-corrected chi connectivity index (χ1v) is 8.67. The highest BCUT2D eigenvalue weighted by Gasteiger charge is 2.36. The fraction of sp³-hybridized carbons (Fsp3) is 0.231. The fourth-order valence-electron chi connectivity index (χ4n) is 1.92. The quantitative estimate of drug-likeness (QED) is 0.358. The molecule has 15 heteroatoms. The molecule has 0 aliphatic carbocycles. The molecular weight excluding hydrogens is 477 g/mol. The molecule has 10 nitrogen and oxygen atoms in total. The van der Waals surface area contributed by atoms with Crippen LogP contribution >= 0.6 is 27.7 Å². The van der Waals surface area contributed by atoms with Crippen molar-refractivity contribution in [1.29, 1.82) is 0 Å². The molecule has 1 amide bonds. The van der Waals surface area contributed by atoms with Crippen LogP contribution in [0.5, 0.6) is 5.75 Å². The van der Waals surface area contributed by atoms with Gasteiger partial charge in [-0.15, -0.1) is 18.3 Å². The van der Waals surface area contributed by atoms with E-state index in [-0.39, 0.29) is 15.2 Å². The van der Waals surface area contributed by atoms with E-state index in [2.05, 4.69) is 36.2 Å². The van der Waals surface area contributed by atoms with Gasteiger partial charge in [0.2, 0.25) is 11.7 Å². The molecule has 1 aromatic carbocycles. The highest BCUT2D eigenvalue weighted by Crippen LogP contribution is 2.39. The number of ether oxygens (including phenoxy) is 1. The summed E-state index contributed by atoms with van der Waals surface area (Å²) < 4.78 is 40.5. The van der Waals surface area contributed by atoms with Crippen molar-refractivity contribution in [2.45, 2.75) is 18.0 Å². The maximum Gasteiger partial charge on any atom is 0.573 e. The molecule has 28 heavy (non-hydrogen) atoms. The number of carbonyl (C=O) groups excluding carboxylic acids is 1. The van der Waals surface area contributed by atoms with Crippen molar-refractivity contribution in [3.05, 3.63) is 32.3 Å². The van der Waals surface area contributed by atoms with Gasteiger partial charge in [-0.05, 0) is 22.0 Å². The summed E-state index contributed by atoms with van der Waals surface area (Å²) in [6, 6.07) is 1.88. The monoisotopic (exact) mass is 484 g/mol. The Kier molecular flexibility index (Phi) is 6.60. The van der Waals surface area contributed by atoms with Gasteiger partial charge in [0.25, 0.3) is 0 Å². The van der Waals surface area contributed by atoms with Crippen LogP contribution in [0.2, 0.25) is 0 Å². The van der Waals surface area contributed by atoms with Crippen LogP contribution < -0.4 is 10.1 Å². The topological polar surface area (TPSA) is 143 Å². The summed E-state index contributed by atoms with van der Waals surface area (Å²) >= 11 is 3.61. The number of alkyl halides is 3. The summed E-state index contributed by atoms with van der Waals surface area (Å²) in [7, 11) is 0. The molecule has 150 valence electrons. The molecule has 1 aromatic rings. The van der Waals surface area contributed by atoms with Crippen LogP contribution in [0, 0.1) is 10.1 Å². The van der Waals surface area contributed by atoms with Gasteiger partial charge in [-0.1, -0.05) is 11.8 Å². The van der Waals surface area contributed by atoms with Crippen LogP contribution in [-0.2, 0) is 9.59 Å². The SMILES string of the molecule is O=C(O)CC1SC(=NN=Cc2cc(Br)c(OC(F)(F)F)c([N+](=O)[O-])c2)NC1=O. The van der Waals surface area contributed by atoms with Gasteiger partial charge in [-0.3, -0.25) is 19.7 Å². The predicted octanol–water partition coefficient (Wildman–Crippen LogP) is 2.65. The Bertz CT molecular complexity index is 892. The van der Waals surface area contributed by atoms with Gasteiger partial charge in [-0.25, -0.2) is 0 Å². The number of hydrogen-bond acceptors (Lipinski definition) is 8. The normalized spacial score (nSPS) is 18.5. The number of nitro benzene ring substituents is 1. The summed E-state index contributed by atoms with van der Waals surface area (Å²) in [6.45, 7) is 0. The van der Waals surface area contributed by atoms with E-state index < -0.39 is 46.3 Å². The number of benzene rings is 1. The second kappa shape index (κ2) is 8.55. The van der Waals surface area contributed by atoms with Crippen molar-refractivity contribution < 1.29 is 37.5 Å². The van der Waals surface area contributed by atoms with E-state index in [0.717, 1.165) is 30.1 Å². The summed E-state index contributed by atoms with van der Waals surface area (Å²) in [5.74, 6) is -2.75. The standard InChI is InChI=1S/C13H8BrF3N4O6S/c14-6-1-5(2-7(21(25)26)10(6)27-13(15,16)17)4-18-20-12-19-11(24)8(28-12)3-9(22)23/h1-2,4,8H,3H2,(H,22,23)(H,19,20,24). The Morgan fingerprint density at radius 3 is 2.75 bits per heavy atom. The summed E-state index contributed by atoms with van der Waals surface area (Å²) in [5, 5.41) is 28.4. The minimum atomic E-state index is -5.13.